The molecule has 4 aromatic rings. The van der Waals surface area contributed by atoms with Gasteiger partial charge in [0.2, 0.25) is 5.91 Å². The predicted molar refractivity (Wildman–Crippen MR) is 132 cm³/mol. The van der Waals surface area contributed by atoms with E-state index in [2.05, 4.69) is 49.4 Å². The number of benzene rings is 2. The van der Waals surface area contributed by atoms with Gasteiger partial charge >= 0.3 is 0 Å². The van der Waals surface area contributed by atoms with Gasteiger partial charge in [-0.15, -0.1) is 0 Å². The Kier molecular flexibility index (Phi) is 6.89. The highest BCUT2D eigenvalue weighted by atomic mass is 16.5. The minimum absolute atomic E-state index is 0.0150. The van der Waals surface area contributed by atoms with Crippen LogP contribution in [0.1, 0.15) is 70.3 Å². The Morgan fingerprint density at radius 2 is 1.88 bits per heavy atom. The Hall–Kier alpha value is -3.38. The van der Waals surface area contributed by atoms with Crippen molar-refractivity contribution in [1.82, 2.24) is 10.5 Å². The van der Waals surface area contributed by atoms with E-state index in [1.165, 1.54) is 11.1 Å². The third kappa shape index (κ3) is 4.77. The summed E-state index contributed by atoms with van der Waals surface area (Å²) in [5.74, 6) is 0.949. The van der Waals surface area contributed by atoms with Crippen molar-refractivity contribution in [3.63, 3.8) is 0 Å². The fraction of sp³-hybridized carbons (Fsp3) is 0.357. The fourth-order valence-electron chi connectivity index (χ4n) is 4.75. The molecule has 0 saturated carbocycles. The summed E-state index contributed by atoms with van der Waals surface area (Å²) in [5, 5.41) is 18.1. The number of furan rings is 1. The zero-order chi connectivity index (χ0) is 24.4. The number of aromatic nitrogens is 1. The van der Waals surface area contributed by atoms with E-state index in [4.69, 9.17) is 8.94 Å². The van der Waals surface area contributed by atoms with Gasteiger partial charge in [0, 0.05) is 10.9 Å². The van der Waals surface area contributed by atoms with Gasteiger partial charge in [-0.3, -0.25) is 4.79 Å². The van der Waals surface area contributed by atoms with Crippen molar-refractivity contribution in [3.05, 3.63) is 87.5 Å². The molecule has 34 heavy (non-hydrogen) atoms. The Morgan fingerprint density at radius 3 is 2.53 bits per heavy atom. The highest BCUT2D eigenvalue weighted by Crippen LogP contribution is 2.33. The first-order valence-electron chi connectivity index (χ1n) is 11.7. The van der Waals surface area contributed by atoms with E-state index in [9.17, 15) is 9.90 Å². The number of fused-ring (bicyclic) bond motifs is 1. The van der Waals surface area contributed by atoms with Crippen molar-refractivity contribution < 1.29 is 18.8 Å². The zero-order valence-corrected chi connectivity index (χ0v) is 20.4. The summed E-state index contributed by atoms with van der Waals surface area (Å²) in [6, 6.07) is 14.0. The number of nitrogens with zero attached hydrogens (tertiary/aromatic N) is 1. The molecule has 0 bridgehead atoms. The second-order valence-corrected chi connectivity index (χ2v) is 9.06. The molecule has 0 aliphatic heterocycles. The minimum Gasteiger partial charge on any atom is -0.460 e. The van der Waals surface area contributed by atoms with Crippen molar-refractivity contribution in [2.45, 2.75) is 59.4 Å². The van der Waals surface area contributed by atoms with Crippen LogP contribution in [0.15, 0.2) is 51.4 Å². The Balaban J connectivity index is 1.52. The van der Waals surface area contributed by atoms with Crippen LogP contribution in [0.5, 0.6) is 0 Å². The lowest BCUT2D eigenvalue weighted by atomic mass is 9.95. The maximum atomic E-state index is 12.9. The molecule has 2 heterocycles. The number of amides is 1. The highest BCUT2D eigenvalue weighted by Gasteiger charge is 2.25. The number of aliphatic hydroxyl groups excluding tert-OH is 1. The second-order valence-electron chi connectivity index (χ2n) is 9.06. The van der Waals surface area contributed by atoms with E-state index >= 15 is 0 Å². The van der Waals surface area contributed by atoms with Gasteiger partial charge in [-0.25, -0.2) is 0 Å². The van der Waals surface area contributed by atoms with Gasteiger partial charge in [0.15, 0.2) is 0 Å². The molecule has 178 valence electrons. The number of hydrogen-bond donors (Lipinski definition) is 2. The van der Waals surface area contributed by atoms with Crippen molar-refractivity contribution in [2.24, 2.45) is 0 Å². The molecule has 6 heteroatoms. The lowest BCUT2D eigenvalue weighted by molar-refractivity contribution is -0.121. The van der Waals surface area contributed by atoms with Crippen molar-refractivity contribution in [3.8, 4) is 0 Å². The molecule has 0 saturated heterocycles. The third-order valence-corrected chi connectivity index (χ3v) is 6.47. The third-order valence-electron chi connectivity index (χ3n) is 6.47. The van der Waals surface area contributed by atoms with Crippen LogP contribution in [0.4, 0.5) is 0 Å². The Bertz CT molecular complexity index is 1300. The van der Waals surface area contributed by atoms with Crippen LogP contribution in [0.3, 0.4) is 0 Å². The van der Waals surface area contributed by atoms with Crippen molar-refractivity contribution >= 4 is 16.9 Å². The van der Waals surface area contributed by atoms with Crippen LogP contribution in [-0.4, -0.2) is 22.8 Å². The molecule has 4 rings (SSSR count). The van der Waals surface area contributed by atoms with Crippen LogP contribution < -0.4 is 5.32 Å². The van der Waals surface area contributed by atoms with Crippen LogP contribution in [-0.2, 0) is 11.2 Å². The summed E-state index contributed by atoms with van der Waals surface area (Å²) in [7, 11) is 0. The SMILES string of the molecule is CCC(NC(=O)Cc1ccc2oc(C(CO)c3c(C)noc3C)cc2c1)c1ccc(C)cc1C. The molecule has 0 radical (unpaired) electrons. The van der Waals surface area contributed by atoms with E-state index in [0.717, 1.165) is 34.2 Å². The van der Waals surface area contributed by atoms with Gasteiger partial charge in [0.1, 0.15) is 17.1 Å². The van der Waals surface area contributed by atoms with Crippen molar-refractivity contribution in [2.75, 3.05) is 6.61 Å². The average Bonchev–Trinajstić information content (AvgIpc) is 3.36. The number of nitrogens with one attached hydrogen (secondary N) is 1. The van der Waals surface area contributed by atoms with E-state index in [1.54, 1.807) is 0 Å². The van der Waals surface area contributed by atoms with Gasteiger partial charge in [0.25, 0.3) is 0 Å². The smallest absolute Gasteiger partial charge is 0.224 e. The Labute approximate surface area is 200 Å². The highest BCUT2D eigenvalue weighted by molar-refractivity contribution is 5.83. The van der Waals surface area contributed by atoms with Crippen LogP contribution in [0.2, 0.25) is 0 Å². The summed E-state index contributed by atoms with van der Waals surface area (Å²) < 4.78 is 11.3. The first-order chi connectivity index (χ1) is 16.3. The van der Waals surface area contributed by atoms with Crippen LogP contribution in [0, 0.1) is 27.7 Å². The molecule has 0 fully saturated rings. The number of aliphatic hydroxyl groups is 1. The largest absolute Gasteiger partial charge is 0.460 e. The molecular formula is C28H32N2O4. The van der Waals surface area contributed by atoms with Gasteiger partial charge < -0.3 is 19.4 Å². The van der Waals surface area contributed by atoms with E-state index in [-0.39, 0.29) is 30.9 Å². The van der Waals surface area contributed by atoms with Crippen molar-refractivity contribution in [1.29, 1.82) is 0 Å². The molecule has 2 aromatic heterocycles. The molecule has 2 N–H and O–H groups in total. The Morgan fingerprint density at radius 1 is 1.09 bits per heavy atom. The summed E-state index contributed by atoms with van der Waals surface area (Å²) in [6.07, 6.45) is 1.11. The summed E-state index contributed by atoms with van der Waals surface area (Å²) >= 11 is 0. The van der Waals surface area contributed by atoms with Gasteiger partial charge in [-0.2, -0.15) is 0 Å². The second kappa shape index (κ2) is 9.85. The van der Waals surface area contributed by atoms with E-state index in [0.29, 0.717) is 17.1 Å². The van der Waals surface area contributed by atoms with Gasteiger partial charge in [-0.05, 0) is 69.0 Å². The number of carbonyl (C=O) groups is 1. The molecule has 0 aliphatic carbocycles. The zero-order valence-electron chi connectivity index (χ0n) is 20.4. The van der Waals surface area contributed by atoms with Crippen LogP contribution >= 0.6 is 0 Å². The molecule has 1 amide bonds. The summed E-state index contributed by atoms with van der Waals surface area (Å²) in [4.78, 5) is 12.9. The molecule has 2 unspecified atom stereocenters. The minimum atomic E-state index is -0.353. The maximum absolute atomic E-state index is 12.9. The summed E-state index contributed by atoms with van der Waals surface area (Å²) in [6.45, 7) is 9.82. The quantitative estimate of drug-likeness (QED) is 0.358. The van der Waals surface area contributed by atoms with Gasteiger partial charge in [0.05, 0.1) is 30.7 Å². The number of rotatable bonds is 8. The fourth-order valence-corrected chi connectivity index (χ4v) is 4.75. The summed E-state index contributed by atoms with van der Waals surface area (Å²) in [5.41, 5.74) is 6.77. The van der Waals surface area contributed by atoms with E-state index < -0.39 is 0 Å². The van der Waals surface area contributed by atoms with E-state index in [1.807, 2.05) is 38.1 Å². The molecule has 0 spiro atoms. The molecule has 2 aromatic carbocycles. The molecule has 2 atom stereocenters. The standard InChI is InChI=1S/C28H32N2O4/c1-6-24(22-9-7-16(2)11-17(22)3)29-27(32)13-20-8-10-25-21(12-20)14-26(33-25)23(15-31)28-18(4)30-34-19(28)5/h7-12,14,23-24,31H,6,13,15H2,1-5H3,(H,29,32). The first-order valence-corrected chi connectivity index (χ1v) is 11.7. The topological polar surface area (TPSA) is 88.5 Å². The number of aryl methyl sites for hydroxylation is 4. The molecule has 6 nitrogen and oxygen atoms in total. The van der Waals surface area contributed by atoms with Crippen LogP contribution in [0.25, 0.3) is 11.0 Å². The molecular weight excluding hydrogens is 428 g/mol. The number of carbonyl (C=O) groups excluding carboxylic acids is 1. The lowest BCUT2D eigenvalue weighted by Gasteiger charge is -2.20. The average molecular weight is 461 g/mol. The normalized spacial score (nSPS) is 13.2. The predicted octanol–water partition coefficient (Wildman–Crippen LogP) is 5.59. The first kappa shape index (κ1) is 23.8. The monoisotopic (exact) mass is 460 g/mol. The van der Waals surface area contributed by atoms with Gasteiger partial charge in [-0.1, -0.05) is 41.9 Å². The maximum Gasteiger partial charge on any atom is 0.224 e. The number of hydrogen-bond acceptors (Lipinski definition) is 5. The lowest BCUT2D eigenvalue weighted by Crippen LogP contribution is -2.30. The molecule has 0 aliphatic rings.